The molecule has 0 fully saturated rings. The maximum Gasteiger partial charge on any atom is 0.194 e. The Bertz CT molecular complexity index is 791. The van der Waals surface area contributed by atoms with Crippen LogP contribution in [0.15, 0.2) is 30.3 Å². The lowest BCUT2D eigenvalue weighted by Crippen LogP contribution is -2.17. The van der Waals surface area contributed by atoms with Crippen molar-refractivity contribution < 1.29 is 0 Å². The molecular weight excluding hydrogens is 290 g/mol. The van der Waals surface area contributed by atoms with Gasteiger partial charge >= 0.3 is 0 Å². The molecule has 0 atom stereocenters. The molecule has 0 aliphatic carbocycles. The first kappa shape index (κ1) is 15.3. The number of nitrogens with zero attached hydrogens (tertiary/aromatic N) is 2. The summed E-state index contributed by atoms with van der Waals surface area (Å²) in [5.41, 5.74) is 10.8. The van der Waals surface area contributed by atoms with Gasteiger partial charge in [-0.05, 0) is 19.0 Å². The Morgan fingerprint density at radius 3 is 2.45 bits per heavy atom. The Morgan fingerprint density at radius 1 is 1.18 bits per heavy atom. The van der Waals surface area contributed by atoms with Crippen molar-refractivity contribution in [2.45, 2.75) is 39.5 Å². The van der Waals surface area contributed by atoms with Gasteiger partial charge in [-0.2, -0.15) is 0 Å². The topological polar surface area (TPSA) is 43.3 Å². The number of benzene rings is 1. The molecule has 0 radical (unpaired) electrons. The second-order valence-corrected chi connectivity index (χ2v) is 7.87. The van der Waals surface area contributed by atoms with Crippen LogP contribution in [0.3, 0.4) is 0 Å². The van der Waals surface area contributed by atoms with Gasteiger partial charge in [0.15, 0.2) is 4.96 Å². The molecule has 0 saturated heterocycles. The fourth-order valence-electron chi connectivity index (χ4n) is 2.97. The summed E-state index contributed by atoms with van der Waals surface area (Å²) in [5, 5.41) is 0. The van der Waals surface area contributed by atoms with Crippen molar-refractivity contribution in [1.82, 2.24) is 9.38 Å². The number of nitrogens with two attached hydrogens (primary N) is 1. The summed E-state index contributed by atoms with van der Waals surface area (Å²) >= 11 is 1.76. The zero-order valence-corrected chi connectivity index (χ0v) is 14.5. The second kappa shape index (κ2) is 5.52. The number of hydrogen-bond donors (Lipinski definition) is 1. The third-order valence-electron chi connectivity index (χ3n) is 3.88. The lowest BCUT2D eigenvalue weighted by atomic mass is 9.90. The molecule has 0 aliphatic rings. The summed E-state index contributed by atoms with van der Waals surface area (Å²) in [4.78, 5) is 7.31. The minimum absolute atomic E-state index is 0.0259. The van der Waals surface area contributed by atoms with E-state index < -0.39 is 0 Å². The molecule has 2 N–H and O–H groups in total. The van der Waals surface area contributed by atoms with Crippen molar-refractivity contribution in [2.75, 3.05) is 6.54 Å². The zero-order valence-electron chi connectivity index (χ0n) is 13.7. The van der Waals surface area contributed by atoms with Gasteiger partial charge in [0, 0.05) is 22.4 Å². The molecule has 2 heterocycles. The van der Waals surface area contributed by atoms with E-state index >= 15 is 0 Å². The molecule has 3 rings (SSSR count). The third kappa shape index (κ3) is 2.46. The predicted octanol–water partition coefficient (Wildman–Crippen LogP) is 4.17. The monoisotopic (exact) mass is 313 g/mol. The van der Waals surface area contributed by atoms with E-state index in [9.17, 15) is 0 Å². The minimum atomic E-state index is 0.0259. The Kier molecular flexibility index (Phi) is 3.83. The summed E-state index contributed by atoms with van der Waals surface area (Å²) in [5.74, 6) is 0. The average molecular weight is 313 g/mol. The van der Waals surface area contributed by atoms with Crippen LogP contribution in [0.5, 0.6) is 0 Å². The van der Waals surface area contributed by atoms with Crippen molar-refractivity contribution in [1.29, 1.82) is 0 Å². The molecule has 22 heavy (non-hydrogen) atoms. The first-order valence-electron chi connectivity index (χ1n) is 7.70. The van der Waals surface area contributed by atoms with E-state index in [-0.39, 0.29) is 5.41 Å². The van der Waals surface area contributed by atoms with Crippen LogP contribution in [0, 0.1) is 6.92 Å². The van der Waals surface area contributed by atoms with Gasteiger partial charge in [-0.3, -0.25) is 4.40 Å². The third-order valence-corrected chi connectivity index (χ3v) is 4.84. The van der Waals surface area contributed by atoms with Gasteiger partial charge < -0.3 is 5.73 Å². The molecule has 0 unspecified atom stereocenters. The molecule has 0 spiro atoms. The molecular formula is C18H23N3S. The van der Waals surface area contributed by atoms with E-state index in [4.69, 9.17) is 10.7 Å². The SMILES string of the molecule is Cc1sc2nc(C(C)(C)C)c(CCN)n2c1-c1ccccc1. The Morgan fingerprint density at radius 2 is 1.86 bits per heavy atom. The molecule has 2 aromatic heterocycles. The molecule has 0 aliphatic heterocycles. The van der Waals surface area contributed by atoms with Gasteiger partial charge in [0.05, 0.1) is 11.4 Å². The highest BCUT2D eigenvalue weighted by Crippen LogP contribution is 2.36. The lowest BCUT2D eigenvalue weighted by molar-refractivity contribution is 0.564. The maximum absolute atomic E-state index is 5.88. The quantitative estimate of drug-likeness (QED) is 0.788. The van der Waals surface area contributed by atoms with Crippen LogP contribution in [0.1, 0.15) is 37.0 Å². The van der Waals surface area contributed by atoms with Crippen LogP contribution >= 0.6 is 11.3 Å². The molecule has 1 aromatic carbocycles. The standard InChI is InChI=1S/C18H23N3S/c1-12-15(13-8-6-5-7-9-13)21-14(10-11-19)16(18(2,3)4)20-17(21)22-12/h5-9H,10-11,19H2,1-4H3. The van der Waals surface area contributed by atoms with E-state index in [1.54, 1.807) is 11.3 Å². The van der Waals surface area contributed by atoms with Crippen molar-refractivity contribution in [3.05, 3.63) is 46.6 Å². The second-order valence-electron chi connectivity index (χ2n) is 6.69. The van der Waals surface area contributed by atoms with Crippen LogP contribution in [0.25, 0.3) is 16.2 Å². The Labute approximate surface area is 135 Å². The minimum Gasteiger partial charge on any atom is -0.330 e. The first-order chi connectivity index (χ1) is 10.4. The van der Waals surface area contributed by atoms with Crippen LogP contribution < -0.4 is 5.73 Å². The smallest absolute Gasteiger partial charge is 0.194 e. The van der Waals surface area contributed by atoms with Gasteiger partial charge in [-0.15, -0.1) is 11.3 Å². The summed E-state index contributed by atoms with van der Waals surface area (Å²) in [6.07, 6.45) is 0.851. The highest BCUT2D eigenvalue weighted by molar-refractivity contribution is 7.17. The average Bonchev–Trinajstić information content (AvgIpc) is 2.96. The highest BCUT2D eigenvalue weighted by atomic mass is 32.1. The van der Waals surface area contributed by atoms with Crippen molar-refractivity contribution in [3.8, 4) is 11.3 Å². The normalized spacial score (nSPS) is 12.2. The molecule has 0 saturated carbocycles. The van der Waals surface area contributed by atoms with E-state index in [1.807, 2.05) is 0 Å². The van der Waals surface area contributed by atoms with Crippen LogP contribution in [0.4, 0.5) is 0 Å². The summed E-state index contributed by atoms with van der Waals surface area (Å²) in [7, 11) is 0. The van der Waals surface area contributed by atoms with Crippen molar-refractivity contribution in [3.63, 3.8) is 0 Å². The Hall–Kier alpha value is -1.65. The highest BCUT2D eigenvalue weighted by Gasteiger charge is 2.26. The first-order valence-corrected chi connectivity index (χ1v) is 8.52. The van der Waals surface area contributed by atoms with E-state index in [0.29, 0.717) is 6.54 Å². The number of imidazole rings is 1. The molecule has 0 bridgehead atoms. The zero-order chi connectivity index (χ0) is 15.9. The number of fused-ring (bicyclic) bond motifs is 1. The molecule has 0 amide bonds. The van der Waals surface area contributed by atoms with E-state index in [1.165, 1.54) is 27.5 Å². The van der Waals surface area contributed by atoms with Crippen molar-refractivity contribution >= 4 is 16.3 Å². The summed E-state index contributed by atoms with van der Waals surface area (Å²) < 4.78 is 2.32. The van der Waals surface area contributed by atoms with Gasteiger partial charge in [-0.25, -0.2) is 4.98 Å². The van der Waals surface area contributed by atoms with Gasteiger partial charge in [0.1, 0.15) is 0 Å². The number of hydrogen-bond acceptors (Lipinski definition) is 3. The van der Waals surface area contributed by atoms with Crippen LogP contribution in [-0.4, -0.2) is 15.9 Å². The fraction of sp³-hybridized carbons (Fsp3) is 0.389. The number of aryl methyl sites for hydroxylation is 1. The number of rotatable bonds is 3. The number of aromatic nitrogens is 2. The number of thiazole rings is 1. The Balaban J connectivity index is 2.34. The molecule has 116 valence electrons. The molecule has 3 nitrogen and oxygen atoms in total. The van der Waals surface area contributed by atoms with Crippen molar-refractivity contribution in [2.24, 2.45) is 5.73 Å². The predicted molar refractivity (Wildman–Crippen MR) is 94.7 cm³/mol. The van der Waals surface area contributed by atoms with E-state index in [0.717, 1.165) is 11.4 Å². The lowest BCUT2D eigenvalue weighted by Gasteiger charge is -2.18. The van der Waals surface area contributed by atoms with Gasteiger partial charge in [0.2, 0.25) is 0 Å². The molecule has 3 aromatic rings. The molecule has 4 heteroatoms. The summed E-state index contributed by atoms with van der Waals surface area (Å²) in [6.45, 7) is 9.46. The van der Waals surface area contributed by atoms with Crippen LogP contribution in [-0.2, 0) is 11.8 Å². The largest absolute Gasteiger partial charge is 0.330 e. The van der Waals surface area contributed by atoms with E-state index in [2.05, 4.69) is 62.4 Å². The van der Waals surface area contributed by atoms with Gasteiger partial charge in [-0.1, -0.05) is 51.1 Å². The maximum atomic E-state index is 5.88. The summed E-state index contributed by atoms with van der Waals surface area (Å²) in [6, 6.07) is 10.6. The van der Waals surface area contributed by atoms with Crippen LogP contribution in [0.2, 0.25) is 0 Å². The van der Waals surface area contributed by atoms with Gasteiger partial charge in [0.25, 0.3) is 0 Å². The fourth-order valence-corrected chi connectivity index (χ4v) is 3.98.